The third-order valence-corrected chi connectivity index (χ3v) is 14.0. The van der Waals surface area contributed by atoms with Crippen LogP contribution in [0.5, 0.6) is 0 Å². The minimum atomic E-state index is -1.08. The number of rotatable bonds is 4. The Morgan fingerprint density at radius 1 is 0.440 bits per heavy atom. The second-order valence-electron chi connectivity index (χ2n) is 13.7. The number of hydrogen-bond acceptors (Lipinski definition) is 2. The minimum absolute atomic E-state index is 0.353. The van der Waals surface area contributed by atoms with Crippen LogP contribution in [0.4, 0.5) is 8.78 Å². The van der Waals surface area contributed by atoms with Crippen LogP contribution in [0.15, 0.2) is 117 Å². The van der Waals surface area contributed by atoms with Gasteiger partial charge in [0.1, 0.15) is 11.6 Å². The Hall–Kier alpha value is -3.68. The van der Waals surface area contributed by atoms with Gasteiger partial charge in [-0.25, -0.2) is 8.78 Å². The van der Waals surface area contributed by atoms with Gasteiger partial charge in [-0.3, -0.25) is 0 Å². The Kier molecular flexibility index (Phi) is 7.36. The zero-order chi connectivity index (χ0) is 34.7. The van der Waals surface area contributed by atoms with Gasteiger partial charge in [0.15, 0.2) is 0 Å². The Balaban J connectivity index is 1.50. The van der Waals surface area contributed by atoms with Gasteiger partial charge in [-0.05, 0) is 105 Å². The highest BCUT2D eigenvalue weighted by molar-refractivity contribution is 9.11. The van der Waals surface area contributed by atoms with Crippen LogP contribution < -0.4 is 0 Å². The van der Waals surface area contributed by atoms with Crippen LogP contribution in [-0.2, 0) is 10.8 Å². The summed E-state index contributed by atoms with van der Waals surface area (Å²) < 4.78 is 39.0. The van der Waals surface area contributed by atoms with Crippen LogP contribution in [0.3, 0.4) is 0 Å². The zero-order valence-electron chi connectivity index (χ0n) is 27.7. The van der Waals surface area contributed by atoms with E-state index in [2.05, 4.69) is 169 Å². The molecule has 0 unspecified atom stereocenters. The molecular formula is C44H30Br2F2S2. The predicted molar refractivity (Wildman–Crippen MR) is 211 cm³/mol. The molecule has 0 aliphatic heterocycles. The van der Waals surface area contributed by atoms with Crippen molar-refractivity contribution in [3.8, 4) is 20.9 Å². The van der Waals surface area contributed by atoms with Gasteiger partial charge in [-0.1, -0.05) is 119 Å². The van der Waals surface area contributed by atoms with E-state index < -0.39 is 10.8 Å². The van der Waals surface area contributed by atoms with E-state index in [4.69, 9.17) is 0 Å². The second-order valence-corrected chi connectivity index (χ2v) is 18.5. The van der Waals surface area contributed by atoms with Crippen molar-refractivity contribution in [1.82, 2.24) is 0 Å². The Morgan fingerprint density at radius 2 is 0.700 bits per heavy atom. The normalized spacial score (nSPS) is 14.7. The summed E-state index contributed by atoms with van der Waals surface area (Å²) in [6.07, 6.45) is 0. The van der Waals surface area contributed by atoms with Crippen LogP contribution in [0.1, 0.15) is 66.8 Å². The summed E-state index contributed by atoms with van der Waals surface area (Å²) in [6, 6.07) is 37.4. The topological polar surface area (TPSA) is 0 Å². The summed E-state index contributed by atoms with van der Waals surface area (Å²) in [4.78, 5) is 1.51. The number of benzene rings is 5. The van der Waals surface area contributed by atoms with Crippen molar-refractivity contribution in [3.05, 3.63) is 195 Å². The monoisotopic (exact) mass is 818 g/mol. The fraction of sp³-hybridized carbons (Fsp3) is 0.136. The molecule has 0 atom stereocenters. The molecule has 0 saturated heterocycles. The molecule has 50 heavy (non-hydrogen) atoms. The molecule has 0 nitrogen and oxygen atoms in total. The van der Waals surface area contributed by atoms with Crippen molar-refractivity contribution in [3.63, 3.8) is 0 Å². The lowest BCUT2D eigenvalue weighted by Crippen LogP contribution is -2.32. The molecule has 2 aliphatic carbocycles. The average Bonchev–Trinajstić information content (AvgIpc) is 3.82. The van der Waals surface area contributed by atoms with E-state index >= 15 is 8.78 Å². The van der Waals surface area contributed by atoms with Gasteiger partial charge in [-0.2, -0.15) is 0 Å². The molecule has 2 aromatic heterocycles. The van der Waals surface area contributed by atoms with Crippen LogP contribution in [0.2, 0.25) is 0 Å². The first-order valence-electron chi connectivity index (χ1n) is 16.5. The quantitative estimate of drug-likeness (QED) is 0.166. The number of hydrogen-bond donors (Lipinski definition) is 0. The lowest BCUT2D eigenvalue weighted by molar-refractivity contribution is 0.558. The molecule has 9 rings (SSSR count). The number of halogens is 4. The maximum atomic E-state index is 18.6. The fourth-order valence-electron chi connectivity index (χ4n) is 8.49. The van der Waals surface area contributed by atoms with Crippen LogP contribution in [-0.4, -0.2) is 0 Å². The van der Waals surface area contributed by atoms with E-state index in [9.17, 15) is 0 Å². The van der Waals surface area contributed by atoms with Crippen LogP contribution in [0, 0.1) is 39.3 Å². The van der Waals surface area contributed by atoms with Crippen molar-refractivity contribution in [1.29, 1.82) is 0 Å². The zero-order valence-corrected chi connectivity index (χ0v) is 32.5. The molecule has 2 heterocycles. The number of aryl methyl sites for hydroxylation is 4. The van der Waals surface area contributed by atoms with Crippen molar-refractivity contribution in [2.75, 3.05) is 0 Å². The lowest BCUT2D eigenvalue weighted by Gasteiger charge is -2.36. The van der Waals surface area contributed by atoms with E-state index in [-0.39, 0.29) is 11.6 Å². The van der Waals surface area contributed by atoms with Crippen molar-refractivity contribution >= 4 is 54.5 Å². The third kappa shape index (κ3) is 4.22. The lowest BCUT2D eigenvalue weighted by atomic mass is 9.65. The molecule has 2 aliphatic rings. The van der Waals surface area contributed by atoms with Crippen molar-refractivity contribution < 1.29 is 8.78 Å². The molecule has 246 valence electrons. The van der Waals surface area contributed by atoms with Gasteiger partial charge in [0.25, 0.3) is 0 Å². The van der Waals surface area contributed by atoms with E-state index in [1.165, 1.54) is 22.7 Å². The first kappa shape index (κ1) is 32.2. The van der Waals surface area contributed by atoms with Gasteiger partial charge in [0, 0.05) is 32.0 Å². The molecule has 0 radical (unpaired) electrons. The van der Waals surface area contributed by atoms with Crippen molar-refractivity contribution in [2.24, 2.45) is 0 Å². The van der Waals surface area contributed by atoms with Crippen molar-refractivity contribution in [2.45, 2.75) is 38.5 Å². The van der Waals surface area contributed by atoms with Gasteiger partial charge >= 0.3 is 0 Å². The molecule has 7 aromatic rings. The summed E-state index contributed by atoms with van der Waals surface area (Å²) in [6.45, 7) is 8.21. The van der Waals surface area contributed by atoms with Gasteiger partial charge in [0.2, 0.25) is 0 Å². The molecule has 5 aromatic carbocycles. The van der Waals surface area contributed by atoms with Gasteiger partial charge < -0.3 is 0 Å². The summed E-state index contributed by atoms with van der Waals surface area (Å²) in [5, 5.41) is 0. The third-order valence-electron chi connectivity index (χ3n) is 10.7. The molecule has 0 amide bonds. The summed E-state index contributed by atoms with van der Waals surface area (Å²) in [7, 11) is 0. The van der Waals surface area contributed by atoms with E-state index in [0.717, 1.165) is 73.0 Å². The van der Waals surface area contributed by atoms with Gasteiger partial charge in [0.05, 0.1) is 18.4 Å². The molecule has 0 spiro atoms. The summed E-state index contributed by atoms with van der Waals surface area (Å²) in [5.74, 6) is -0.734. The molecule has 0 bridgehead atoms. The Bertz CT molecular complexity index is 2220. The van der Waals surface area contributed by atoms with E-state index in [0.29, 0.717) is 22.3 Å². The number of fused-ring (bicyclic) bond motifs is 6. The number of thiophene rings is 2. The molecule has 0 N–H and O–H groups in total. The first-order chi connectivity index (χ1) is 24.1. The molecule has 0 saturated carbocycles. The largest absolute Gasteiger partial charge is 0.206 e. The maximum Gasteiger partial charge on any atom is 0.137 e. The highest BCUT2D eigenvalue weighted by Crippen LogP contribution is 2.67. The van der Waals surface area contributed by atoms with Crippen LogP contribution in [0.25, 0.3) is 20.9 Å². The van der Waals surface area contributed by atoms with Gasteiger partial charge in [-0.15, -0.1) is 22.7 Å². The Labute approximate surface area is 315 Å². The first-order valence-corrected chi connectivity index (χ1v) is 19.7. The van der Waals surface area contributed by atoms with Crippen LogP contribution >= 0.6 is 54.5 Å². The Morgan fingerprint density at radius 3 is 0.960 bits per heavy atom. The fourth-order valence-corrected chi connectivity index (χ4v) is 11.9. The highest BCUT2D eigenvalue weighted by atomic mass is 79.9. The van der Waals surface area contributed by atoms with E-state index in [1.807, 2.05) is 0 Å². The van der Waals surface area contributed by atoms with E-state index in [1.54, 1.807) is 0 Å². The summed E-state index contributed by atoms with van der Waals surface area (Å²) >= 11 is 10.5. The minimum Gasteiger partial charge on any atom is -0.206 e. The highest BCUT2D eigenvalue weighted by Gasteiger charge is 2.57. The second kappa shape index (κ2) is 11.4. The molecular weight excluding hydrogens is 790 g/mol. The molecule has 6 heteroatoms. The SMILES string of the molecule is Cc1ccc(C2(c3ccc(C)cc3)c3cc(Br)sc3-c3c(F)c4c(c(F)c32)-c2sc(Br)cc2C4(c2ccc(C)cc2)c2ccc(C)cc2)cc1. The molecule has 0 fully saturated rings. The smallest absolute Gasteiger partial charge is 0.137 e. The summed E-state index contributed by atoms with van der Waals surface area (Å²) in [5.41, 5.74) is 9.14. The maximum absolute atomic E-state index is 18.6. The standard InChI is InChI=1S/C44H30Br2F2S2/c1-23-5-13-27(14-6-23)43(28-15-7-24(2)8-16-28)31-21-33(45)49-41(31)35-37(43)39(47)36-38(40(35)48)44(29-17-9-25(3)10-18-29,30-19-11-26(4)12-20-30)32-22-34(46)50-42(32)36/h5-22H,1-4H3. The predicted octanol–water partition coefficient (Wildman–Crippen LogP) is 13.6. The average molecular weight is 821 g/mol.